The molecule has 1 aromatic carbocycles. The molecule has 0 spiro atoms. The van der Waals surface area contributed by atoms with Gasteiger partial charge in [0.2, 0.25) is 0 Å². The number of amides is 2. The van der Waals surface area contributed by atoms with E-state index in [1.54, 1.807) is 0 Å². The van der Waals surface area contributed by atoms with E-state index in [9.17, 15) is 22.4 Å². The summed E-state index contributed by atoms with van der Waals surface area (Å²) in [5, 5.41) is 10.6. The number of nitrogens with zero attached hydrogens (tertiary/aromatic N) is 4. The molecule has 1 aliphatic heterocycles. The summed E-state index contributed by atoms with van der Waals surface area (Å²) in [4.78, 5) is 14.0. The molecule has 3 heterocycles. The van der Waals surface area contributed by atoms with E-state index in [1.165, 1.54) is 34.0 Å². The Hall–Kier alpha value is -3.11. The number of hydrogen-bond donors (Lipinski definition) is 1. The Labute approximate surface area is 162 Å². The van der Waals surface area contributed by atoms with Crippen molar-refractivity contribution in [1.29, 1.82) is 0 Å². The molecule has 4 rings (SSSR count). The largest absolute Gasteiger partial charge is 0.435 e. The maximum absolute atomic E-state index is 13.4. The summed E-state index contributed by atoms with van der Waals surface area (Å²) in [7, 11) is 0. The monoisotopic (exact) mass is 411 g/mol. The zero-order valence-corrected chi connectivity index (χ0v) is 15.1. The molecule has 3 aromatic rings. The zero-order valence-electron chi connectivity index (χ0n) is 15.1. The second kappa shape index (κ2) is 7.37. The number of halogens is 4. The van der Waals surface area contributed by atoms with Crippen molar-refractivity contribution in [3.05, 3.63) is 47.7 Å². The molecular weight excluding hydrogens is 394 g/mol. The zero-order chi connectivity index (χ0) is 20.6. The van der Waals surface area contributed by atoms with Crippen LogP contribution in [0.2, 0.25) is 0 Å². The normalized spacial score (nSPS) is 17.7. The Morgan fingerprint density at radius 3 is 2.90 bits per heavy atom. The van der Waals surface area contributed by atoms with Crippen molar-refractivity contribution in [2.75, 3.05) is 13.1 Å². The highest BCUT2D eigenvalue weighted by atomic mass is 19.4. The maximum atomic E-state index is 13.4. The molecule has 1 unspecified atom stereocenters. The fourth-order valence-electron chi connectivity index (χ4n) is 3.41. The Morgan fingerprint density at radius 2 is 2.14 bits per heavy atom. The van der Waals surface area contributed by atoms with Crippen LogP contribution < -0.4 is 5.32 Å². The molecule has 1 fully saturated rings. The van der Waals surface area contributed by atoms with E-state index in [1.807, 2.05) is 0 Å². The van der Waals surface area contributed by atoms with Gasteiger partial charge in [-0.25, -0.2) is 9.18 Å². The molecule has 0 radical (unpaired) electrons. The third-order valence-electron chi connectivity index (χ3n) is 4.87. The van der Waals surface area contributed by atoms with E-state index in [4.69, 9.17) is 4.52 Å². The number of benzene rings is 1. The van der Waals surface area contributed by atoms with Gasteiger partial charge in [-0.05, 0) is 37.1 Å². The second-order valence-corrected chi connectivity index (χ2v) is 6.85. The Balaban J connectivity index is 1.39. The third kappa shape index (κ3) is 4.03. The Bertz CT molecular complexity index is 1030. The number of alkyl halides is 3. The van der Waals surface area contributed by atoms with Gasteiger partial charge < -0.3 is 14.7 Å². The predicted molar refractivity (Wildman–Crippen MR) is 93.3 cm³/mol. The first-order valence-electron chi connectivity index (χ1n) is 9.00. The molecule has 2 amide bonds. The van der Waals surface area contributed by atoms with Gasteiger partial charge in [-0.3, -0.25) is 4.68 Å². The number of piperidine rings is 1. The van der Waals surface area contributed by atoms with E-state index < -0.39 is 17.7 Å². The first kappa shape index (κ1) is 19.2. The quantitative estimate of drug-likeness (QED) is 0.667. The van der Waals surface area contributed by atoms with Crippen molar-refractivity contribution in [3.8, 4) is 0 Å². The SMILES string of the molecule is O=C(NCc1noc2ccc(F)cc12)N1CCCC(n2ccc(C(F)(F)F)n2)C1. The minimum absolute atomic E-state index is 0.0381. The summed E-state index contributed by atoms with van der Waals surface area (Å²) < 4.78 is 58.1. The van der Waals surface area contributed by atoms with Crippen molar-refractivity contribution in [2.45, 2.75) is 31.6 Å². The number of nitrogens with one attached hydrogen (secondary N) is 1. The van der Waals surface area contributed by atoms with Crippen LogP contribution in [0.3, 0.4) is 0 Å². The van der Waals surface area contributed by atoms with Gasteiger partial charge in [-0.1, -0.05) is 5.16 Å². The van der Waals surface area contributed by atoms with Crippen molar-refractivity contribution < 1.29 is 26.9 Å². The van der Waals surface area contributed by atoms with Crippen molar-refractivity contribution >= 4 is 17.0 Å². The molecule has 1 saturated heterocycles. The lowest BCUT2D eigenvalue weighted by molar-refractivity contribution is -0.141. The Morgan fingerprint density at radius 1 is 1.31 bits per heavy atom. The highest BCUT2D eigenvalue weighted by Crippen LogP contribution is 2.29. The highest BCUT2D eigenvalue weighted by molar-refractivity contribution is 5.80. The van der Waals surface area contributed by atoms with Crippen LogP contribution in [0.1, 0.15) is 30.3 Å². The third-order valence-corrected chi connectivity index (χ3v) is 4.87. The van der Waals surface area contributed by atoms with Gasteiger partial charge in [0.1, 0.15) is 11.5 Å². The second-order valence-electron chi connectivity index (χ2n) is 6.85. The summed E-state index contributed by atoms with van der Waals surface area (Å²) in [5.74, 6) is -0.440. The number of fused-ring (bicyclic) bond motifs is 1. The summed E-state index contributed by atoms with van der Waals surface area (Å²) in [6, 6.07) is 4.19. The number of hydrogen-bond acceptors (Lipinski definition) is 4. The number of likely N-dealkylation sites (tertiary alicyclic amines) is 1. The molecule has 7 nitrogen and oxygen atoms in total. The van der Waals surface area contributed by atoms with E-state index >= 15 is 0 Å². The first-order chi connectivity index (χ1) is 13.8. The highest BCUT2D eigenvalue weighted by Gasteiger charge is 2.35. The number of carbonyl (C=O) groups excluding carboxylic acids is 1. The van der Waals surface area contributed by atoms with Crippen LogP contribution in [0.4, 0.5) is 22.4 Å². The number of aromatic nitrogens is 3. The van der Waals surface area contributed by atoms with Gasteiger partial charge >= 0.3 is 12.2 Å². The fraction of sp³-hybridized carbons (Fsp3) is 0.389. The van der Waals surface area contributed by atoms with Crippen LogP contribution in [0.5, 0.6) is 0 Å². The molecular formula is C18H17F4N5O2. The molecule has 29 heavy (non-hydrogen) atoms. The van der Waals surface area contributed by atoms with Crippen LogP contribution in [0, 0.1) is 5.82 Å². The summed E-state index contributed by atoms with van der Waals surface area (Å²) in [6.07, 6.45) is -1.96. The molecule has 1 aliphatic rings. The van der Waals surface area contributed by atoms with Crippen LogP contribution in [0.25, 0.3) is 11.0 Å². The van der Waals surface area contributed by atoms with Gasteiger partial charge in [0, 0.05) is 24.7 Å². The average molecular weight is 411 g/mol. The number of rotatable bonds is 3. The van der Waals surface area contributed by atoms with E-state index in [0.29, 0.717) is 36.0 Å². The lowest BCUT2D eigenvalue weighted by atomic mass is 10.1. The maximum Gasteiger partial charge on any atom is 0.435 e. The number of carbonyl (C=O) groups is 1. The molecule has 0 aliphatic carbocycles. The molecule has 11 heteroatoms. The van der Waals surface area contributed by atoms with Gasteiger partial charge in [0.25, 0.3) is 0 Å². The van der Waals surface area contributed by atoms with Crippen LogP contribution in [-0.2, 0) is 12.7 Å². The molecule has 2 aromatic heterocycles. The molecule has 1 N–H and O–H groups in total. The van der Waals surface area contributed by atoms with Gasteiger partial charge in [0.15, 0.2) is 11.3 Å². The topological polar surface area (TPSA) is 76.2 Å². The Kier molecular flexibility index (Phi) is 4.89. The fourth-order valence-corrected chi connectivity index (χ4v) is 3.41. The minimum Gasteiger partial charge on any atom is -0.356 e. The summed E-state index contributed by atoms with van der Waals surface area (Å²) in [5.41, 5.74) is -0.152. The lowest BCUT2D eigenvalue weighted by Gasteiger charge is -2.32. The van der Waals surface area contributed by atoms with Gasteiger partial charge in [-0.2, -0.15) is 18.3 Å². The first-order valence-corrected chi connectivity index (χ1v) is 9.00. The van der Waals surface area contributed by atoms with E-state index in [0.717, 1.165) is 6.07 Å². The van der Waals surface area contributed by atoms with Gasteiger partial charge in [0.05, 0.1) is 12.6 Å². The van der Waals surface area contributed by atoms with Crippen LogP contribution >= 0.6 is 0 Å². The molecule has 1 atom stereocenters. The summed E-state index contributed by atoms with van der Waals surface area (Å²) >= 11 is 0. The van der Waals surface area contributed by atoms with Crippen LogP contribution in [-0.4, -0.2) is 39.0 Å². The average Bonchev–Trinajstić information content (AvgIpc) is 3.33. The van der Waals surface area contributed by atoms with Crippen LogP contribution in [0.15, 0.2) is 35.0 Å². The van der Waals surface area contributed by atoms with E-state index in [2.05, 4.69) is 15.6 Å². The molecule has 0 bridgehead atoms. The van der Waals surface area contributed by atoms with E-state index in [-0.39, 0.29) is 25.2 Å². The molecule has 0 saturated carbocycles. The smallest absolute Gasteiger partial charge is 0.356 e. The van der Waals surface area contributed by atoms with Crippen molar-refractivity contribution in [3.63, 3.8) is 0 Å². The predicted octanol–water partition coefficient (Wildman–Crippen LogP) is 3.73. The lowest BCUT2D eigenvalue weighted by Crippen LogP contribution is -2.45. The van der Waals surface area contributed by atoms with Crippen molar-refractivity contribution in [2.24, 2.45) is 0 Å². The van der Waals surface area contributed by atoms with Crippen molar-refractivity contribution in [1.82, 2.24) is 25.2 Å². The number of urea groups is 1. The van der Waals surface area contributed by atoms with Gasteiger partial charge in [-0.15, -0.1) is 0 Å². The molecule has 154 valence electrons. The standard InChI is InChI=1S/C18H17F4N5O2/c19-11-3-4-15-13(8-11)14(25-29-15)9-23-17(28)26-6-1-2-12(10-26)27-7-5-16(24-27)18(20,21)22/h3-5,7-8,12H,1-2,6,9-10H2,(H,23,28). The minimum atomic E-state index is -4.50. The summed E-state index contributed by atoms with van der Waals surface area (Å²) in [6.45, 7) is 0.749.